The molecule has 1 aliphatic heterocycles. The molecule has 25 heavy (non-hydrogen) atoms. The average Bonchev–Trinajstić information content (AvgIpc) is 2.96. The van der Waals surface area contributed by atoms with Gasteiger partial charge in [0.15, 0.2) is 5.78 Å². The van der Waals surface area contributed by atoms with Gasteiger partial charge in [-0.15, -0.1) is 0 Å². The molecule has 3 atom stereocenters. The van der Waals surface area contributed by atoms with E-state index in [0.717, 1.165) is 4.90 Å². The normalized spacial score (nSPS) is 22.2. The van der Waals surface area contributed by atoms with Crippen molar-refractivity contribution in [2.75, 3.05) is 6.54 Å². The Labute approximate surface area is 142 Å². The van der Waals surface area contributed by atoms with Gasteiger partial charge < -0.3 is 31.7 Å². The summed E-state index contributed by atoms with van der Waals surface area (Å²) >= 11 is 0. The van der Waals surface area contributed by atoms with E-state index in [4.69, 9.17) is 21.7 Å². The Kier molecular flexibility index (Phi) is 6.59. The molecule has 0 aliphatic carbocycles. The minimum Gasteiger partial charge on any atom is -0.481 e. The lowest BCUT2D eigenvalue weighted by atomic mass is 9.85. The van der Waals surface area contributed by atoms with E-state index in [1.54, 1.807) is 0 Å². The molecule has 0 aromatic carbocycles. The van der Waals surface area contributed by atoms with E-state index in [1.165, 1.54) is 0 Å². The second kappa shape index (κ2) is 8.03. The zero-order valence-electron chi connectivity index (χ0n) is 13.4. The van der Waals surface area contributed by atoms with E-state index >= 15 is 0 Å². The third-order valence-corrected chi connectivity index (χ3v) is 4.13. The number of carboxylic acid groups (broad SMARTS) is 3. The topological polar surface area (TPSA) is 201 Å². The Morgan fingerprint density at radius 3 is 2.08 bits per heavy atom. The van der Waals surface area contributed by atoms with Crippen LogP contribution in [0.3, 0.4) is 0 Å². The highest BCUT2D eigenvalue weighted by atomic mass is 16.4. The molecule has 0 aromatic heterocycles. The maximum absolute atomic E-state index is 12.6. The molecule has 1 amide bonds. The molecule has 1 heterocycles. The minimum absolute atomic E-state index is 0.0875. The Balaban J connectivity index is 3.11. The fourth-order valence-electron chi connectivity index (χ4n) is 2.89. The number of carboxylic acids is 3. The van der Waals surface area contributed by atoms with Crippen LogP contribution in [0.15, 0.2) is 0 Å². The number of nitrogens with two attached hydrogens (primary N) is 2. The standard InChI is InChI=1S/C14H21N3O8/c15-7(2-3-9(18)19)11(22)14(13(24)25)4-1-5-17(14)12(23)8(16)6-10(20)21/h7-8H,1-6,15-16H2,(H,18,19)(H,20,21)(H,24,25). The van der Waals surface area contributed by atoms with Crippen molar-refractivity contribution >= 4 is 29.6 Å². The summed E-state index contributed by atoms with van der Waals surface area (Å²) in [5, 5.41) is 27.0. The molecule has 7 N–H and O–H groups in total. The van der Waals surface area contributed by atoms with Crippen molar-refractivity contribution in [1.82, 2.24) is 4.90 Å². The number of hydrogen-bond donors (Lipinski definition) is 5. The first-order valence-electron chi connectivity index (χ1n) is 7.58. The lowest BCUT2D eigenvalue weighted by molar-refractivity contribution is -0.163. The van der Waals surface area contributed by atoms with E-state index in [2.05, 4.69) is 0 Å². The summed E-state index contributed by atoms with van der Waals surface area (Å²) in [5.74, 6) is -6.10. The van der Waals surface area contributed by atoms with Gasteiger partial charge in [-0.3, -0.25) is 19.2 Å². The molecule has 0 saturated carbocycles. The van der Waals surface area contributed by atoms with E-state index in [1.807, 2.05) is 0 Å². The first-order chi connectivity index (χ1) is 11.5. The summed E-state index contributed by atoms with van der Waals surface area (Å²) in [6, 6.07) is -2.89. The number of Topliss-reactive ketones (excluding diaryl/α,β-unsaturated/α-hetero) is 1. The molecule has 3 unspecified atom stereocenters. The van der Waals surface area contributed by atoms with E-state index < -0.39 is 60.1 Å². The first kappa shape index (κ1) is 20.5. The predicted octanol–water partition coefficient (Wildman–Crippen LogP) is -2.00. The van der Waals surface area contributed by atoms with Crippen molar-refractivity contribution in [3.63, 3.8) is 0 Å². The second-order valence-electron chi connectivity index (χ2n) is 5.87. The fraction of sp³-hybridized carbons (Fsp3) is 0.643. The Hall–Kier alpha value is -2.53. The molecule has 0 spiro atoms. The van der Waals surface area contributed by atoms with Gasteiger partial charge in [0.25, 0.3) is 0 Å². The van der Waals surface area contributed by atoms with Crippen LogP contribution in [0.5, 0.6) is 0 Å². The lowest BCUT2D eigenvalue weighted by Crippen LogP contribution is -2.64. The maximum atomic E-state index is 12.6. The van der Waals surface area contributed by atoms with Crippen LogP contribution in [0.4, 0.5) is 0 Å². The summed E-state index contributed by atoms with van der Waals surface area (Å²) in [6.07, 6.45) is -1.45. The molecule has 0 bridgehead atoms. The molecule has 0 radical (unpaired) electrons. The molecule has 0 aromatic rings. The van der Waals surface area contributed by atoms with Crippen LogP contribution < -0.4 is 11.5 Å². The molecule has 1 fully saturated rings. The highest BCUT2D eigenvalue weighted by Gasteiger charge is 2.57. The zero-order valence-corrected chi connectivity index (χ0v) is 13.4. The minimum atomic E-state index is -2.26. The van der Waals surface area contributed by atoms with Gasteiger partial charge in [0.2, 0.25) is 11.4 Å². The number of rotatable bonds is 9. The van der Waals surface area contributed by atoms with Crippen molar-refractivity contribution in [2.45, 2.75) is 49.7 Å². The van der Waals surface area contributed by atoms with Crippen LogP contribution in [0.1, 0.15) is 32.1 Å². The Morgan fingerprint density at radius 1 is 1.00 bits per heavy atom. The molecule has 11 nitrogen and oxygen atoms in total. The SMILES string of the molecule is NC(CC(=O)O)C(=O)N1CCCC1(C(=O)O)C(=O)C(N)CCC(=O)O. The van der Waals surface area contributed by atoms with Gasteiger partial charge in [-0.1, -0.05) is 0 Å². The van der Waals surface area contributed by atoms with E-state index in [0.29, 0.717) is 0 Å². The fourth-order valence-corrected chi connectivity index (χ4v) is 2.89. The quantitative estimate of drug-likeness (QED) is 0.286. The molecular weight excluding hydrogens is 338 g/mol. The van der Waals surface area contributed by atoms with Crippen LogP contribution >= 0.6 is 0 Å². The second-order valence-corrected chi connectivity index (χ2v) is 5.87. The van der Waals surface area contributed by atoms with Crippen molar-refractivity contribution in [2.24, 2.45) is 11.5 Å². The number of ketones is 1. The molecule has 140 valence electrons. The van der Waals surface area contributed by atoms with Crippen LogP contribution in [0.25, 0.3) is 0 Å². The zero-order chi connectivity index (χ0) is 19.4. The van der Waals surface area contributed by atoms with Crippen molar-refractivity contribution in [3.8, 4) is 0 Å². The van der Waals surface area contributed by atoms with Crippen LogP contribution in [0.2, 0.25) is 0 Å². The number of amides is 1. The van der Waals surface area contributed by atoms with E-state index in [9.17, 15) is 29.1 Å². The summed E-state index contributed by atoms with van der Waals surface area (Å²) in [6.45, 7) is -0.0875. The van der Waals surface area contributed by atoms with Gasteiger partial charge in [-0.2, -0.15) is 0 Å². The average molecular weight is 359 g/mol. The number of carbonyl (C=O) groups excluding carboxylic acids is 2. The van der Waals surface area contributed by atoms with E-state index in [-0.39, 0.29) is 25.8 Å². The van der Waals surface area contributed by atoms with Crippen molar-refractivity contribution in [1.29, 1.82) is 0 Å². The molecule has 1 rings (SSSR count). The molecule has 1 saturated heterocycles. The third-order valence-electron chi connectivity index (χ3n) is 4.13. The van der Waals surface area contributed by atoms with Gasteiger partial charge in [0.05, 0.1) is 18.5 Å². The number of carbonyl (C=O) groups is 5. The van der Waals surface area contributed by atoms with Gasteiger partial charge in [-0.25, -0.2) is 4.79 Å². The smallest absolute Gasteiger partial charge is 0.337 e. The molecule has 11 heteroatoms. The maximum Gasteiger partial charge on any atom is 0.337 e. The van der Waals surface area contributed by atoms with Gasteiger partial charge in [-0.05, 0) is 19.3 Å². The highest BCUT2D eigenvalue weighted by molar-refractivity contribution is 6.13. The highest BCUT2D eigenvalue weighted by Crippen LogP contribution is 2.33. The monoisotopic (exact) mass is 359 g/mol. The van der Waals surface area contributed by atoms with Gasteiger partial charge in [0, 0.05) is 13.0 Å². The Morgan fingerprint density at radius 2 is 1.60 bits per heavy atom. The number of nitrogens with zero attached hydrogens (tertiary/aromatic N) is 1. The third kappa shape index (κ3) is 4.31. The van der Waals surface area contributed by atoms with Crippen molar-refractivity contribution < 1.29 is 39.3 Å². The number of aliphatic carboxylic acids is 3. The Bertz CT molecular complexity index is 593. The predicted molar refractivity (Wildman–Crippen MR) is 81.4 cm³/mol. The van der Waals surface area contributed by atoms with Gasteiger partial charge in [0.1, 0.15) is 0 Å². The number of hydrogen-bond acceptors (Lipinski definition) is 7. The number of likely N-dealkylation sites (tertiary alicyclic amines) is 1. The summed E-state index contributed by atoms with van der Waals surface area (Å²) in [5.41, 5.74) is 8.90. The summed E-state index contributed by atoms with van der Waals surface area (Å²) in [4.78, 5) is 58.9. The largest absolute Gasteiger partial charge is 0.481 e. The van der Waals surface area contributed by atoms with Crippen molar-refractivity contribution in [3.05, 3.63) is 0 Å². The van der Waals surface area contributed by atoms with Crippen LogP contribution in [0, 0.1) is 0 Å². The van der Waals surface area contributed by atoms with Gasteiger partial charge >= 0.3 is 17.9 Å². The summed E-state index contributed by atoms with van der Waals surface area (Å²) < 4.78 is 0. The molecular formula is C14H21N3O8. The van der Waals surface area contributed by atoms with Crippen LogP contribution in [-0.2, 0) is 24.0 Å². The summed E-state index contributed by atoms with van der Waals surface area (Å²) in [7, 11) is 0. The molecule has 1 aliphatic rings. The van der Waals surface area contributed by atoms with Crippen LogP contribution in [-0.4, -0.2) is 74.0 Å². The first-order valence-corrected chi connectivity index (χ1v) is 7.58. The lowest BCUT2D eigenvalue weighted by Gasteiger charge is -2.36.